The molecular weight excluding hydrogens is 519 g/mol. The molecule has 13 heteroatoms. The number of halogens is 5. The Hall–Kier alpha value is -2.87. The maximum Gasteiger partial charge on any atom is 0.417 e. The van der Waals surface area contributed by atoms with Crippen LogP contribution in [0.1, 0.15) is 37.1 Å². The van der Waals surface area contributed by atoms with Gasteiger partial charge in [0.2, 0.25) is 5.82 Å². The van der Waals surface area contributed by atoms with Gasteiger partial charge in [0.05, 0.1) is 30.8 Å². The molecule has 0 saturated carbocycles. The Kier molecular flexibility index (Phi) is 9.29. The van der Waals surface area contributed by atoms with E-state index in [9.17, 15) is 31.9 Å². The smallest absolute Gasteiger partial charge is 0.417 e. The lowest BCUT2D eigenvalue weighted by atomic mass is 9.77. The van der Waals surface area contributed by atoms with Crippen molar-refractivity contribution in [1.82, 2.24) is 4.98 Å². The standard InChI is InChI=1S/C25H29F5N2O6/c1-13-19(15-6-7-16(26)20(27)21(15)37-10-9-35-3)22(38-24(13,2)25(28,29)30)23(34)32-14-5-8-17(31-11-14)18(33)12-36-4/h5-8,11,13,18-19,22,33H,9-10,12H2,1-4H3,(H,32,34)/t13-,18-,19-,22+,24+/m0/s1. The molecule has 1 fully saturated rings. The molecule has 2 heterocycles. The van der Waals surface area contributed by atoms with Crippen LogP contribution < -0.4 is 10.1 Å². The number of aliphatic hydroxyl groups excluding tert-OH is 1. The van der Waals surface area contributed by atoms with Crippen molar-refractivity contribution in [1.29, 1.82) is 0 Å². The van der Waals surface area contributed by atoms with Crippen molar-refractivity contribution in [3.05, 3.63) is 53.4 Å². The molecule has 2 N–H and O–H groups in total. The quantitative estimate of drug-likeness (QED) is 0.340. The molecule has 1 aliphatic heterocycles. The van der Waals surface area contributed by atoms with Crippen molar-refractivity contribution in [3.63, 3.8) is 0 Å². The zero-order valence-electron chi connectivity index (χ0n) is 21.1. The Morgan fingerprint density at radius 2 is 1.89 bits per heavy atom. The number of anilines is 1. The molecule has 0 spiro atoms. The van der Waals surface area contributed by atoms with E-state index < -0.39 is 59.1 Å². The Balaban J connectivity index is 1.99. The Morgan fingerprint density at radius 3 is 2.47 bits per heavy atom. The van der Waals surface area contributed by atoms with Crippen LogP contribution in [0.3, 0.4) is 0 Å². The van der Waals surface area contributed by atoms with Crippen LogP contribution >= 0.6 is 0 Å². The molecule has 0 radical (unpaired) electrons. The molecule has 1 saturated heterocycles. The summed E-state index contributed by atoms with van der Waals surface area (Å²) in [6.45, 7) is 1.79. The number of ether oxygens (including phenoxy) is 4. The molecule has 5 atom stereocenters. The molecular formula is C25H29F5N2O6. The minimum atomic E-state index is -4.89. The van der Waals surface area contributed by atoms with Crippen LogP contribution in [0, 0.1) is 17.6 Å². The third-order valence-electron chi connectivity index (χ3n) is 6.62. The molecule has 38 heavy (non-hydrogen) atoms. The van der Waals surface area contributed by atoms with E-state index in [2.05, 4.69) is 10.3 Å². The van der Waals surface area contributed by atoms with Crippen LogP contribution in [0.5, 0.6) is 5.75 Å². The van der Waals surface area contributed by atoms with Crippen molar-refractivity contribution in [2.45, 2.75) is 43.8 Å². The molecule has 1 aromatic carbocycles. The lowest BCUT2D eigenvalue weighted by Gasteiger charge is -2.32. The molecule has 2 aromatic rings. The highest BCUT2D eigenvalue weighted by Gasteiger charge is 2.66. The van der Waals surface area contributed by atoms with Gasteiger partial charge in [0.1, 0.15) is 18.8 Å². The molecule has 1 amide bonds. The molecule has 0 bridgehead atoms. The number of hydrogen-bond acceptors (Lipinski definition) is 7. The first-order chi connectivity index (χ1) is 17.9. The monoisotopic (exact) mass is 548 g/mol. The summed E-state index contributed by atoms with van der Waals surface area (Å²) in [6, 6.07) is 4.64. The zero-order valence-corrected chi connectivity index (χ0v) is 21.1. The summed E-state index contributed by atoms with van der Waals surface area (Å²) < 4.78 is 91.7. The van der Waals surface area contributed by atoms with Gasteiger partial charge in [-0.2, -0.15) is 17.6 Å². The van der Waals surface area contributed by atoms with E-state index in [0.29, 0.717) is 0 Å². The highest BCUT2D eigenvalue weighted by molar-refractivity contribution is 5.95. The lowest BCUT2D eigenvalue weighted by Crippen LogP contribution is -2.47. The summed E-state index contributed by atoms with van der Waals surface area (Å²) in [5, 5.41) is 12.4. The summed E-state index contributed by atoms with van der Waals surface area (Å²) in [4.78, 5) is 17.3. The number of aliphatic hydroxyl groups is 1. The topological polar surface area (TPSA) is 99.1 Å². The number of carbonyl (C=O) groups excluding carboxylic acids is 1. The Morgan fingerprint density at radius 1 is 1.18 bits per heavy atom. The number of alkyl halides is 3. The van der Waals surface area contributed by atoms with E-state index in [-0.39, 0.29) is 36.8 Å². The molecule has 3 rings (SSSR count). The number of aromatic nitrogens is 1. The second kappa shape index (κ2) is 11.9. The van der Waals surface area contributed by atoms with Gasteiger partial charge in [-0.05, 0) is 25.1 Å². The van der Waals surface area contributed by atoms with E-state index in [1.165, 1.54) is 39.5 Å². The van der Waals surface area contributed by atoms with Gasteiger partial charge in [0, 0.05) is 31.6 Å². The highest BCUT2D eigenvalue weighted by atomic mass is 19.4. The van der Waals surface area contributed by atoms with Gasteiger partial charge in [-0.25, -0.2) is 4.39 Å². The molecule has 1 aliphatic rings. The maximum absolute atomic E-state index is 14.8. The largest absolute Gasteiger partial charge is 0.488 e. The highest BCUT2D eigenvalue weighted by Crippen LogP contribution is 2.55. The predicted octanol–water partition coefficient (Wildman–Crippen LogP) is 4.14. The van der Waals surface area contributed by atoms with Crippen LogP contribution in [0.25, 0.3) is 0 Å². The number of benzene rings is 1. The van der Waals surface area contributed by atoms with Crippen molar-refractivity contribution in [2.75, 3.05) is 39.4 Å². The second-order valence-electron chi connectivity index (χ2n) is 9.01. The summed E-state index contributed by atoms with van der Waals surface area (Å²) in [5.41, 5.74) is -2.59. The number of amides is 1. The van der Waals surface area contributed by atoms with E-state index in [1.807, 2.05) is 0 Å². The number of nitrogens with one attached hydrogen (secondary N) is 1. The SMILES string of the molecule is COCCOc1c([C@H]2[C@H](C(=O)Nc3ccc([C@@H](O)COC)nc3)O[C@@](C)(C(F)(F)F)[C@H]2C)ccc(F)c1F. The molecule has 0 aliphatic carbocycles. The van der Waals surface area contributed by atoms with Gasteiger partial charge in [-0.15, -0.1) is 0 Å². The first kappa shape index (κ1) is 29.7. The number of nitrogens with zero attached hydrogens (tertiary/aromatic N) is 1. The lowest BCUT2D eigenvalue weighted by molar-refractivity contribution is -0.272. The van der Waals surface area contributed by atoms with Crippen molar-refractivity contribution < 1.29 is 50.8 Å². The van der Waals surface area contributed by atoms with Gasteiger partial charge < -0.3 is 29.4 Å². The van der Waals surface area contributed by atoms with Crippen LogP contribution in [-0.4, -0.2) is 67.9 Å². The number of methoxy groups -OCH3 is 2. The fourth-order valence-corrected chi connectivity index (χ4v) is 4.34. The normalized spacial score (nSPS) is 24.3. The van der Waals surface area contributed by atoms with Gasteiger partial charge in [0.25, 0.3) is 5.91 Å². The van der Waals surface area contributed by atoms with Gasteiger partial charge in [0.15, 0.2) is 17.2 Å². The number of rotatable bonds is 10. The van der Waals surface area contributed by atoms with Crippen molar-refractivity contribution >= 4 is 11.6 Å². The first-order valence-corrected chi connectivity index (χ1v) is 11.6. The summed E-state index contributed by atoms with van der Waals surface area (Å²) in [5.74, 6) is -7.03. The Labute approximate surface area is 216 Å². The van der Waals surface area contributed by atoms with Gasteiger partial charge in [-0.1, -0.05) is 13.0 Å². The Bertz CT molecular complexity index is 1120. The van der Waals surface area contributed by atoms with E-state index in [0.717, 1.165) is 19.1 Å². The third-order valence-corrected chi connectivity index (χ3v) is 6.62. The molecule has 210 valence electrons. The van der Waals surface area contributed by atoms with Crippen LogP contribution in [0.15, 0.2) is 30.5 Å². The van der Waals surface area contributed by atoms with Crippen LogP contribution in [0.4, 0.5) is 27.6 Å². The number of carbonyl (C=O) groups is 1. The summed E-state index contributed by atoms with van der Waals surface area (Å²) >= 11 is 0. The average molecular weight is 549 g/mol. The van der Waals surface area contributed by atoms with Crippen molar-refractivity contribution in [3.8, 4) is 5.75 Å². The maximum atomic E-state index is 14.8. The van der Waals surface area contributed by atoms with Crippen molar-refractivity contribution in [2.24, 2.45) is 5.92 Å². The van der Waals surface area contributed by atoms with Gasteiger partial charge in [-0.3, -0.25) is 9.78 Å². The third kappa shape index (κ3) is 5.90. The van der Waals surface area contributed by atoms with Crippen LogP contribution in [-0.2, 0) is 19.0 Å². The average Bonchev–Trinajstić information content (AvgIpc) is 3.14. The van der Waals surface area contributed by atoms with E-state index >= 15 is 0 Å². The van der Waals surface area contributed by atoms with Gasteiger partial charge >= 0.3 is 6.18 Å². The molecule has 0 unspecified atom stereocenters. The minimum Gasteiger partial charge on any atom is -0.488 e. The van der Waals surface area contributed by atoms with Crippen LogP contribution in [0.2, 0.25) is 0 Å². The van der Waals surface area contributed by atoms with E-state index in [1.54, 1.807) is 0 Å². The molecule has 8 nitrogen and oxygen atoms in total. The van der Waals surface area contributed by atoms with E-state index in [4.69, 9.17) is 18.9 Å². The fraction of sp³-hybridized carbons (Fsp3) is 0.520. The molecule has 1 aromatic heterocycles. The number of hydrogen-bond donors (Lipinski definition) is 2. The minimum absolute atomic E-state index is 0.00162. The summed E-state index contributed by atoms with van der Waals surface area (Å²) in [7, 11) is 2.75. The predicted molar refractivity (Wildman–Crippen MR) is 125 cm³/mol. The zero-order chi connectivity index (χ0) is 28.3. The number of pyridine rings is 1. The second-order valence-corrected chi connectivity index (χ2v) is 9.01. The summed E-state index contributed by atoms with van der Waals surface area (Å²) in [6.07, 6.45) is -6.47. The first-order valence-electron chi connectivity index (χ1n) is 11.6. The fourth-order valence-electron chi connectivity index (χ4n) is 4.34.